The van der Waals surface area contributed by atoms with Crippen LogP contribution in [0.3, 0.4) is 0 Å². The smallest absolute Gasteiger partial charge is 0.225 e. The van der Waals surface area contributed by atoms with Gasteiger partial charge in [0.05, 0.1) is 28.1 Å². The molecule has 0 unspecified atom stereocenters. The van der Waals surface area contributed by atoms with Crippen LogP contribution in [0.1, 0.15) is 28.4 Å². The van der Waals surface area contributed by atoms with Gasteiger partial charge in [-0.1, -0.05) is 11.6 Å². The summed E-state index contributed by atoms with van der Waals surface area (Å²) in [6, 6.07) is 0.483. The van der Waals surface area contributed by atoms with E-state index in [4.69, 9.17) is 11.6 Å². The van der Waals surface area contributed by atoms with Crippen molar-refractivity contribution in [2.75, 3.05) is 25.0 Å². The second kappa shape index (κ2) is 7.11. The highest BCUT2D eigenvalue weighted by Crippen LogP contribution is 2.24. The number of likely N-dealkylation sites (tertiary alicyclic amines) is 1. The Morgan fingerprint density at radius 2 is 1.91 bits per heavy atom. The van der Waals surface area contributed by atoms with Gasteiger partial charge in [0.25, 0.3) is 0 Å². The van der Waals surface area contributed by atoms with Gasteiger partial charge in [-0.15, -0.1) is 11.3 Å². The second-order valence-electron chi connectivity index (χ2n) is 6.06. The van der Waals surface area contributed by atoms with E-state index < -0.39 is 0 Å². The highest BCUT2D eigenvalue weighted by atomic mass is 35.5. The van der Waals surface area contributed by atoms with Crippen LogP contribution in [0.25, 0.3) is 0 Å². The van der Waals surface area contributed by atoms with Crippen molar-refractivity contribution < 1.29 is 0 Å². The minimum Gasteiger partial charge on any atom is -0.341 e. The maximum absolute atomic E-state index is 5.86. The lowest BCUT2D eigenvalue weighted by molar-refractivity contribution is 0.204. The van der Waals surface area contributed by atoms with Crippen LogP contribution in [0.4, 0.5) is 5.95 Å². The molecule has 0 atom stereocenters. The van der Waals surface area contributed by atoms with Crippen LogP contribution in [0.5, 0.6) is 0 Å². The minimum absolute atomic E-state index is 0.483. The molecule has 1 fully saturated rings. The molecule has 124 valence electrons. The van der Waals surface area contributed by atoms with E-state index in [-0.39, 0.29) is 0 Å². The van der Waals surface area contributed by atoms with Crippen LogP contribution in [0.15, 0.2) is 12.4 Å². The quantitative estimate of drug-likeness (QED) is 0.845. The number of aryl methyl sites for hydroxylation is 2. The van der Waals surface area contributed by atoms with E-state index in [0.29, 0.717) is 11.1 Å². The van der Waals surface area contributed by atoms with Crippen LogP contribution in [0, 0.1) is 13.8 Å². The van der Waals surface area contributed by atoms with E-state index in [0.717, 1.165) is 43.4 Å². The molecule has 0 radical (unpaired) electrons. The van der Waals surface area contributed by atoms with Crippen LogP contribution >= 0.6 is 22.9 Å². The van der Waals surface area contributed by atoms with Crippen molar-refractivity contribution >= 4 is 28.9 Å². The van der Waals surface area contributed by atoms with Crippen molar-refractivity contribution in [3.05, 3.63) is 33.0 Å². The van der Waals surface area contributed by atoms with Gasteiger partial charge in [-0.2, -0.15) is 0 Å². The van der Waals surface area contributed by atoms with Crippen molar-refractivity contribution in [3.8, 4) is 0 Å². The van der Waals surface area contributed by atoms with Gasteiger partial charge in [-0.25, -0.2) is 15.0 Å². The number of aromatic nitrogens is 3. The lowest BCUT2D eigenvalue weighted by Gasteiger charge is -2.36. The fraction of sp³-hybridized carbons (Fsp3) is 0.562. The molecule has 0 spiro atoms. The first-order valence-electron chi connectivity index (χ1n) is 7.88. The first-order valence-corrected chi connectivity index (χ1v) is 9.08. The highest BCUT2D eigenvalue weighted by Gasteiger charge is 2.24. The lowest BCUT2D eigenvalue weighted by Crippen LogP contribution is -2.43. The fourth-order valence-electron chi connectivity index (χ4n) is 3.04. The zero-order valence-electron chi connectivity index (χ0n) is 13.8. The molecule has 23 heavy (non-hydrogen) atoms. The summed E-state index contributed by atoms with van der Waals surface area (Å²) in [5, 5.41) is 1.74. The van der Waals surface area contributed by atoms with E-state index in [1.165, 1.54) is 10.6 Å². The molecular formula is C16H22ClN5S. The third kappa shape index (κ3) is 4.00. The number of nitrogens with zero attached hydrogens (tertiary/aromatic N) is 5. The third-order valence-corrected chi connectivity index (χ3v) is 5.65. The largest absolute Gasteiger partial charge is 0.341 e. The summed E-state index contributed by atoms with van der Waals surface area (Å²) in [5.74, 6) is 0.752. The molecule has 0 N–H and O–H groups in total. The first kappa shape index (κ1) is 16.6. The number of hydrogen-bond donors (Lipinski definition) is 0. The maximum atomic E-state index is 5.86. The Labute approximate surface area is 146 Å². The Bertz CT molecular complexity index is 649. The van der Waals surface area contributed by atoms with Crippen LogP contribution < -0.4 is 4.90 Å². The van der Waals surface area contributed by atoms with E-state index in [1.807, 2.05) is 11.3 Å². The molecule has 3 rings (SSSR count). The number of thiazole rings is 1. The monoisotopic (exact) mass is 351 g/mol. The Morgan fingerprint density at radius 1 is 1.26 bits per heavy atom. The van der Waals surface area contributed by atoms with E-state index in [2.05, 4.69) is 45.6 Å². The van der Waals surface area contributed by atoms with E-state index in [1.54, 1.807) is 12.4 Å². The van der Waals surface area contributed by atoms with Gasteiger partial charge in [0.2, 0.25) is 5.95 Å². The molecule has 0 aliphatic carbocycles. The van der Waals surface area contributed by atoms with Gasteiger partial charge in [-0.3, -0.25) is 4.90 Å². The SMILES string of the molecule is Cc1nc(C)c(CN2CCC(N(C)c3ncc(Cl)cn3)CC2)s1. The van der Waals surface area contributed by atoms with Gasteiger partial charge in [0.15, 0.2) is 0 Å². The Morgan fingerprint density at radius 3 is 2.48 bits per heavy atom. The summed E-state index contributed by atoms with van der Waals surface area (Å²) < 4.78 is 0. The van der Waals surface area contributed by atoms with Crippen LogP contribution in [0.2, 0.25) is 5.02 Å². The Kier molecular flexibility index (Phi) is 5.14. The Hall–Kier alpha value is -1.24. The average molecular weight is 352 g/mol. The summed E-state index contributed by atoms with van der Waals surface area (Å²) in [6.07, 6.45) is 5.56. The standard InChI is InChI=1S/C16H22ClN5S/c1-11-15(23-12(2)20-11)10-22-6-4-14(5-7-22)21(3)16-18-8-13(17)9-19-16/h8-9,14H,4-7,10H2,1-3H3. The first-order chi connectivity index (χ1) is 11.0. The molecule has 0 bridgehead atoms. The summed E-state index contributed by atoms with van der Waals surface area (Å²) in [7, 11) is 2.07. The highest BCUT2D eigenvalue weighted by molar-refractivity contribution is 7.11. The van der Waals surface area contributed by atoms with Crippen molar-refractivity contribution in [1.82, 2.24) is 19.9 Å². The predicted octanol–water partition coefficient (Wildman–Crippen LogP) is 3.30. The minimum atomic E-state index is 0.483. The molecule has 2 aromatic heterocycles. The van der Waals surface area contributed by atoms with Crippen molar-refractivity contribution in [2.45, 2.75) is 39.3 Å². The van der Waals surface area contributed by atoms with E-state index in [9.17, 15) is 0 Å². The Balaban J connectivity index is 1.55. The topological polar surface area (TPSA) is 45.2 Å². The molecule has 0 saturated carbocycles. The van der Waals surface area contributed by atoms with Gasteiger partial charge in [0.1, 0.15) is 0 Å². The van der Waals surface area contributed by atoms with Crippen molar-refractivity contribution in [2.24, 2.45) is 0 Å². The summed E-state index contributed by atoms with van der Waals surface area (Å²) in [4.78, 5) is 19.3. The molecule has 7 heteroatoms. The summed E-state index contributed by atoms with van der Waals surface area (Å²) in [6.45, 7) is 7.40. The zero-order valence-corrected chi connectivity index (χ0v) is 15.4. The summed E-state index contributed by atoms with van der Waals surface area (Å²) >= 11 is 7.68. The molecule has 2 aromatic rings. The van der Waals surface area contributed by atoms with Gasteiger partial charge >= 0.3 is 0 Å². The predicted molar refractivity (Wildman–Crippen MR) is 95.3 cm³/mol. The normalized spacial score (nSPS) is 16.7. The fourth-order valence-corrected chi connectivity index (χ4v) is 4.12. The second-order valence-corrected chi connectivity index (χ2v) is 7.79. The van der Waals surface area contributed by atoms with Gasteiger partial charge in [-0.05, 0) is 26.7 Å². The molecular weight excluding hydrogens is 330 g/mol. The van der Waals surface area contributed by atoms with Crippen LogP contribution in [-0.2, 0) is 6.54 Å². The molecule has 1 saturated heterocycles. The molecule has 5 nitrogen and oxygen atoms in total. The number of piperidine rings is 1. The third-order valence-electron chi connectivity index (χ3n) is 4.39. The molecule has 3 heterocycles. The molecule has 1 aliphatic heterocycles. The van der Waals surface area contributed by atoms with Gasteiger partial charge < -0.3 is 4.90 Å². The van der Waals surface area contributed by atoms with Crippen LogP contribution in [-0.4, -0.2) is 46.0 Å². The maximum Gasteiger partial charge on any atom is 0.225 e. The van der Waals surface area contributed by atoms with Crippen molar-refractivity contribution in [3.63, 3.8) is 0 Å². The lowest BCUT2D eigenvalue weighted by atomic mass is 10.0. The molecule has 0 aromatic carbocycles. The zero-order chi connectivity index (χ0) is 16.4. The molecule has 1 aliphatic rings. The van der Waals surface area contributed by atoms with E-state index >= 15 is 0 Å². The number of halogens is 1. The van der Waals surface area contributed by atoms with Crippen molar-refractivity contribution in [1.29, 1.82) is 0 Å². The number of hydrogen-bond acceptors (Lipinski definition) is 6. The number of rotatable bonds is 4. The molecule has 0 amide bonds. The average Bonchev–Trinajstić information content (AvgIpc) is 2.86. The number of anilines is 1. The van der Waals surface area contributed by atoms with Gasteiger partial charge in [0, 0.05) is 37.6 Å². The summed E-state index contributed by atoms with van der Waals surface area (Å²) in [5.41, 5.74) is 1.18.